The molecule has 0 saturated carbocycles. The van der Waals surface area contributed by atoms with E-state index in [2.05, 4.69) is 30.3 Å². The van der Waals surface area contributed by atoms with Crippen molar-refractivity contribution >= 4 is 11.6 Å². The summed E-state index contributed by atoms with van der Waals surface area (Å²) in [6.45, 7) is 8.69. The summed E-state index contributed by atoms with van der Waals surface area (Å²) in [7, 11) is 0. The molecule has 28 heavy (non-hydrogen) atoms. The second-order valence-electron chi connectivity index (χ2n) is 7.33. The third-order valence-electron chi connectivity index (χ3n) is 4.65. The number of benzene rings is 2. The summed E-state index contributed by atoms with van der Waals surface area (Å²) >= 11 is 0. The maximum absolute atomic E-state index is 12.6. The molecular formula is C23H27N3O2. The summed E-state index contributed by atoms with van der Waals surface area (Å²) in [5.41, 5.74) is 4.03. The van der Waals surface area contributed by atoms with Crippen LogP contribution in [0.15, 0.2) is 60.9 Å². The summed E-state index contributed by atoms with van der Waals surface area (Å²) in [4.78, 5) is 12.6. The minimum absolute atomic E-state index is 0.175. The molecule has 146 valence electrons. The van der Waals surface area contributed by atoms with Crippen molar-refractivity contribution in [2.45, 2.75) is 46.3 Å². The predicted octanol–water partition coefficient (Wildman–Crippen LogP) is 4.77. The average Bonchev–Trinajstić information content (AvgIpc) is 3.16. The van der Waals surface area contributed by atoms with Gasteiger partial charge in [-0.1, -0.05) is 38.1 Å². The van der Waals surface area contributed by atoms with Gasteiger partial charge in [0, 0.05) is 18.1 Å². The molecule has 5 heteroatoms. The van der Waals surface area contributed by atoms with Crippen LogP contribution in [0.25, 0.3) is 0 Å². The van der Waals surface area contributed by atoms with Crippen molar-refractivity contribution in [1.29, 1.82) is 0 Å². The van der Waals surface area contributed by atoms with Crippen molar-refractivity contribution in [3.05, 3.63) is 77.6 Å². The van der Waals surface area contributed by atoms with E-state index in [-0.39, 0.29) is 5.91 Å². The Balaban J connectivity index is 1.65. The zero-order valence-electron chi connectivity index (χ0n) is 16.8. The Morgan fingerprint density at radius 1 is 1.14 bits per heavy atom. The van der Waals surface area contributed by atoms with Crippen LogP contribution in [-0.2, 0) is 11.3 Å². The molecule has 0 spiro atoms. The van der Waals surface area contributed by atoms with Gasteiger partial charge in [-0.3, -0.25) is 9.48 Å². The first kappa shape index (κ1) is 19.7. The SMILES string of the molecule is Cc1ccc(C(C)C)cc1OC(C)C(=O)Nc1cccc(Cn2cccn2)c1. The summed E-state index contributed by atoms with van der Waals surface area (Å²) in [5.74, 6) is 0.983. The summed E-state index contributed by atoms with van der Waals surface area (Å²) < 4.78 is 7.80. The highest BCUT2D eigenvalue weighted by Crippen LogP contribution is 2.25. The summed E-state index contributed by atoms with van der Waals surface area (Å²) in [6.07, 6.45) is 3.06. The molecule has 2 aromatic carbocycles. The Bertz CT molecular complexity index is 933. The quantitative estimate of drug-likeness (QED) is 0.645. The molecule has 3 rings (SSSR count). The first-order valence-electron chi connectivity index (χ1n) is 9.57. The van der Waals surface area contributed by atoms with Crippen molar-refractivity contribution in [1.82, 2.24) is 9.78 Å². The van der Waals surface area contributed by atoms with Crippen molar-refractivity contribution in [3.63, 3.8) is 0 Å². The molecule has 0 saturated heterocycles. The number of aryl methyl sites for hydroxylation is 1. The second-order valence-corrected chi connectivity index (χ2v) is 7.33. The molecule has 3 aromatic rings. The lowest BCUT2D eigenvalue weighted by Crippen LogP contribution is -2.30. The fraction of sp³-hybridized carbons (Fsp3) is 0.304. The number of hydrogen-bond acceptors (Lipinski definition) is 3. The summed E-state index contributed by atoms with van der Waals surface area (Å²) in [5, 5.41) is 7.16. The Morgan fingerprint density at radius 2 is 1.96 bits per heavy atom. The van der Waals surface area contributed by atoms with Crippen LogP contribution in [0.1, 0.15) is 43.4 Å². The molecule has 1 unspecified atom stereocenters. The van der Waals surface area contributed by atoms with Crippen molar-refractivity contribution in [3.8, 4) is 5.75 Å². The minimum Gasteiger partial charge on any atom is -0.481 e. The maximum atomic E-state index is 12.6. The van der Waals surface area contributed by atoms with Crippen LogP contribution in [0.4, 0.5) is 5.69 Å². The van der Waals surface area contributed by atoms with Crippen LogP contribution in [0, 0.1) is 6.92 Å². The highest BCUT2D eigenvalue weighted by Gasteiger charge is 2.17. The lowest BCUT2D eigenvalue weighted by Gasteiger charge is -2.18. The van der Waals surface area contributed by atoms with Gasteiger partial charge in [0.2, 0.25) is 0 Å². The van der Waals surface area contributed by atoms with Gasteiger partial charge >= 0.3 is 0 Å². The van der Waals surface area contributed by atoms with Gasteiger partial charge in [-0.2, -0.15) is 5.10 Å². The molecule has 1 heterocycles. The van der Waals surface area contributed by atoms with Crippen LogP contribution < -0.4 is 10.1 Å². The van der Waals surface area contributed by atoms with Crippen LogP contribution in [-0.4, -0.2) is 21.8 Å². The number of nitrogens with zero attached hydrogens (tertiary/aromatic N) is 2. The number of carbonyl (C=O) groups excluding carboxylic acids is 1. The van der Waals surface area contributed by atoms with Crippen LogP contribution in [0.2, 0.25) is 0 Å². The third kappa shape index (κ3) is 5.00. The highest BCUT2D eigenvalue weighted by molar-refractivity contribution is 5.94. The monoisotopic (exact) mass is 377 g/mol. The minimum atomic E-state index is -0.601. The van der Waals surface area contributed by atoms with Gasteiger partial charge in [-0.05, 0) is 60.7 Å². The molecule has 1 aromatic heterocycles. The zero-order chi connectivity index (χ0) is 20.1. The van der Waals surface area contributed by atoms with Crippen molar-refractivity contribution < 1.29 is 9.53 Å². The van der Waals surface area contributed by atoms with Crippen LogP contribution in [0.5, 0.6) is 5.75 Å². The van der Waals surface area contributed by atoms with E-state index in [1.165, 1.54) is 5.56 Å². The van der Waals surface area contributed by atoms with Crippen molar-refractivity contribution in [2.75, 3.05) is 5.32 Å². The van der Waals surface area contributed by atoms with E-state index in [1.54, 1.807) is 13.1 Å². The first-order chi connectivity index (χ1) is 13.4. The van der Waals surface area contributed by atoms with Gasteiger partial charge in [0.05, 0.1) is 6.54 Å². The molecule has 0 aliphatic carbocycles. The molecule has 5 nitrogen and oxygen atoms in total. The number of anilines is 1. The number of amides is 1. The number of rotatable bonds is 7. The molecule has 1 atom stereocenters. The van der Waals surface area contributed by atoms with Gasteiger partial charge in [0.25, 0.3) is 5.91 Å². The molecule has 0 aliphatic heterocycles. The molecule has 0 aliphatic rings. The summed E-state index contributed by atoms with van der Waals surface area (Å²) in [6, 6.07) is 15.8. The normalized spacial score (nSPS) is 12.0. The number of nitrogens with one attached hydrogen (secondary N) is 1. The fourth-order valence-corrected chi connectivity index (χ4v) is 2.92. The lowest BCUT2D eigenvalue weighted by atomic mass is 10.0. The average molecular weight is 377 g/mol. The smallest absolute Gasteiger partial charge is 0.265 e. The zero-order valence-corrected chi connectivity index (χ0v) is 16.8. The second kappa shape index (κ2) is 8.74. The molecule has 1 amide bonds. The van der Waals surface area contributed by atoms with E-state index >= 15 is 0 Å². The van der Waals surface area contributed by atoms with E-state index in [0.29, 0.717) is 12.5 Å². The van der Waals surface area contributed by atoms with Gasteiger partial charge in [0.1, 0.15) is 5.75 Å². The van der Waals surface area contributed by atoms with E-state index in [1.807, 2.05) is 60.3 Å². The Kier molecular flexibility index (Phi) is 6.14. The highest BCUT2D eigenvalue weighted by atomic mass is 16.5. The fourth-order valence-electron chi connectivity index (χ4n) is 2.92. The topological polar surface area (TPSA) is 56.1 Å². The third-order valence-corrected chi connectivity index (χ3v) is 4.65. The molecule has 0 radical (unpaired) electrons. The maximum Gasteiger partial charge on any atom is 0.265 e. The van der Waals surface area contributed by atoms with Gasteiger partial charge in [-0.25, -0.2) is 0 Å². The number of carbonyl (C=O) groups is 1. The van der Waals surface area contributed by atoms with E-state index in [4.69, 9.17) is 4.74 Å². The number of ether oxygens (including phenoxy) is 1. The Hall–Kier alpha value is -3.08. The largest absolute Gasteiger partial charge is 0.481 e. The van der Waals surface area contributed by atoms with Gasteiger partial charge in [-0.15, -0.1) is 0 Å². The van der Waals surface area contributed by atoms with Crippen LogP contribution in [0.3, 0.4) is 0 Å². The molecule has 1 N–H and O–H groups in total. The Morgan fingerprint density at radius 3 is 2.68 bits per heavy atom. The van der Waals surface area contributed by atoms with E-state index in [0.717, 1.165) is 22.6 Å². The molecular weight excluding hydrogens is 350 g/mol. The van der Waals surface area contributed by atoms with Gasteiger partial charge in [0.15, 0.2) is 6.10 Å². The lowest BCUT2D eigenvalue weighted by molar-refractivity contribution is -0.122. The van der Waals surface area contributed by atoms with E-state index < -0.39 is 6.10 Å². The molecule has 0 bridgehead atoms. The van der Waals surface area contributed by atoms with Crippen LogP contribution >= 0.6 is 0 Å². The standard InChI is InChI=1S/C23H27N3O2/c1-16(2)20-10-9-17(3)22(14-20)28-18(4)23(27)25-21-8-5-7-19(13-21)15-26-12-6-11-24-26/h5-14,16,18H,15H2,1-4H3,(H,25,27). The number of hydrogen-bond donors (Lipinski definition) is 1. The molecule has 0 fully saturated rings. The Labute approximate surface area is 166 Å². The van der Waals surface area contributed by atoms with Crippen molar-refractivity contribution in [2.24, 2.45) is 0 Å². The van der Waals surface area contributed by atoms with Gasteiger partial charge < -0.3 is 10.1 Å². The predicted molar refractivity (Wildman–Crippen MR) is 112 cm³/mol. The first-order valence-corrected chi connectivity index (χ1v) is 9.57. The number of aromatic nitrogens is 2. The van der Waals surface area contributed by atoms with E-state index in [9.17, 15) is 4.79 Å².